The van der Waals surface area contributed by atoms with Crippen LogP contribution in [0.5, 0.6) is 0 Å². The Morgan fingerprint density at radius 2 is 1.90 bits per heavy atom. The lowest BCUT2D eigenvalue weighted by molar-refractivity contribution is -0.138. The molecule has 1 aromatic heterocycles. The number of alkyl halides is 3. The van der Waals surface area contributed by atoms with Gasteiger partial charge in [-0.15, -0.1) is 0 Å². The molecule has 0 aromatic carbocycles. The van der Waals surface area contributed by atoms with Crippen LogP contribution in [0.4, 0.5) is 18.0 Å². The van der Waals surface area contributed by atoms with Crippen LogP contribution >= 0.6 is 0 Å². The van der Waals surface area contributed by atoms with E-state index < -0.39 is 11.7 Å². The van der Waals surface area contributed by atoms with Gasteiger partial charge in [0.1, 0.15) is 0 Å². The first-order valence-corrected chi connectivity index (χ1v) is 10.0. The molecule has 4 fully saturated rings. The van der Waals surface area contributed by atoms with E-state index in [1.165, 1.54) is 4.68 Å². The van der Waals surface area contributed by atoms with E-state index in [2.05, 4.69) is 10.4 Å². The van der Waals surface area contributed by atoms with E-state index in [1.54, 1.807) is 11.9 Å². The summed E-state index contributed by atoms with van der Waals surface area (Å²) in [5.74, 6) is 0.257. The van der Waals surface area contributed by atoms with E-state index in [4.69, 9.17) is 0 Å². The van der Waals surface area contributed by atoms with E-state index in [1.807, 2.05) is 4.90 Å². The summed E-state index contributed by atoms with van der Waals surface area (Å²) in [6.07, 6.45) is -0.0930. The van der Waals surface area contributed by atoms with Crippen molar-refractivity contribution in [1.29, 1.82) is 0 Å². The minimum atomic E-state index is -4.38. The van der Waals surface area contributed by atoms with Crippen molar-refractivity contribution in [1.82, 2.24) is 24.9 Å². The third kappa shape index (κ3) is 2.98. The Morgan fingerprint density at radius 1 is 1.24 bits per heavy atom. The van der Waals surface area contributed by atoms with E-state index in [-0.39, 0.29) is 34.5 Å². The number of carbonyl (C=O) groups excluding carboxylic acids is 2. The van der Waals surface area contributed by atoms with Crippen LogP contribution in [-0.2, 0) is 24.4 Å². The predicted molar refractivity (Wildman–Crippen MR) is 95.7 cm³/mol. The van der Waals surface area contributed by atoms with Crippen molar-refractivity contribution >= 4 is 11.9 Å². The van der Waals surface area contributed by atoms with Crippen LogP contribution in [0.25, 0.3) is 0 Å². The van der Waals surface area contributed by atoms with Crippen molar-refractivity contribution in [2.24, 2.45) is 18.4 Å². The maximum absolute atomic E-state index is 13.1. The number of hydrogen-bond donors (Lipinski definition) is 1. The van der Waals surface area contributed by atoms with Crippen LogP contribution in [0.1, 0.15) is 36.9 Å². The largest absolute Gasteiger partial charge is 0.419 e. The number of aromatic nitrogens is 2. The quantitative estimate of drug-likeness (QED) is 0.807. The number of aryl methyl sites for hydroxylation is 1. The number of urea groups is 1. The molecule has 3 amide bonds. The SMILES string of the molecule is Cn1ncc(C(F)(F)F)c1CC1CC2(C1)CN(C(=O)N1CC3(CCC(=O)N3)C1)C2. The lowest BCUT2D eigenvalue weighted by atomic mass is 9.56. The first kappa shape index (κ1) is 18.7. The van der Waals surface area contributed by atoms with Gasteiger partial charge in [-0.05, 0) is 31.6 Å². The number of rotatable bonds is 2. The molecule has 4 heterocycles. The van der Waals surface area contributed by atoms with Gasteiger partial charge in [0.15, 0.2) is 0 Å². The van der Waals surface area contributed by atoms with Crippen LogP contribution in [0.15, 0.2) is 6.20 Å². The minimum absolute atomic E-state index is 0.0110. The van der Waals surface area contributed by atoms with Gasteiger partial charge in [-0.25, -0.2) is 4.79 Å². The van der Waals surface area contributed by atoms with Gasteiger partial charge in [-0.3, -0.25) is 9.48 Å². The molecule has 3 saturated heterocycles. The second-order valence-corrected chi connectivity index (χ2v) is 9.43. The lowest BCUT2D eigenvalue weighted by Crippen LogP contribution is -2.73. The van der Waals surface area contributed by atoms with Crippen molar-refractivity contribution in [3.05, 3.63) is 17.5 Å². The van der Waals surface area contributed by atoms with Crippen LogP contribution in [0.3, 0.4) is 0 Å². The van der Waals surface area contributed by atoms with Crippen LogP contribution in [0, 0.1) is 11.3 Å². The molecule has 5 rings (SSSR count). The summed E-state index contributed by atoms with van der Waals surface area (Å²) in [6.45, 7) is 2.50. The molecule has 1 aromatic rings. The summed E-state index contributed by atoms with van der Waals surface area (Å²) in [6, 6.07) is 0.0110. The molecule has 2 spiro atoms. The fraction of sp³-hybridized carbons (Fsp3) is 0.737. The average molecular weight is 411 g/mol. The number of nitrogens with zero attached hydrogens (tertiary/aromatic N) is 4. The van der Waals surface area contributed by atoms with Gasteiger partial charge >= 0.3 is 12.2 Å². The number of halogens is 3. The van der Waals surface area contributed by atoms with E-state index in [9.17, 15) is 22.8 Å². The Bertz CT molecular complexity index is 860. The molecule has 1 aliphatic carbocycles. The van der Waals surface area contributed by atoms with Crippen molar-refractivity contribution in [3.63, 3.8) is 0 Å². The Labute approximate surface area is 166 Å². The molecule has 3 aliphatic heterocycles. The molecular weight excluding hydrogens is 387 g/mol. The van der Waals surface area contributed by atoms with E-state index >= 15 is 0 Å². The molecule has 0 atom stereocenters. The maximum Gasteiger partial charge on any atom is 0.419 e. The molecule has 0 bridgehead atoms. The summed E-state index contributed by atoms with van der Waals surface area (Å²) in [7, 11) is 1.55. The van der Waals surface area contributed by atoms with E-state index in [0.29, 0.717) is 39.0 Å². The highest BCUT2D eigenvalue weighted by Crippen LogP contribution is 2.53. The first-order chi connectivity index (χ1) is 13.6. The van der Waals surface area contributed by atoms with Crippen LogP contribution < -0.4 is 5.32 Å². The zero-order valence-corrected chi connectivity index (χ0v) is 16.3. The fourth-order valence-electron chi connectivity index (χ4n) is 5.71. The zero-order valence-electron chi connectivity index (χ0n) is 16.3. The Hall–Kier alpha value is -2.26. The third-order valence-corrected chi connectivity index (χ3v) is 7.11. The highest BCUT2D eigenvalue weighted by atomic mass is 19.4. The summed E-state index contributed by atoms with van der Waals surface area (Å²) >= 11 is 0. The second-order valence-electron chi connectivity index (χ2n) is 9.43. The summed E-state index contributed by atoms with van der Waals surface area (Å²) in [5, 5.41) is 6.76. The fourth-order valence-corrected chi connectivity index (χ4v) is 5.71. The Balaban J connectivity index is 1.11. The minimum Gasteiger partial charge on any atom is -0.347 e. The third-order valence-electron chi connectivity index (χ3n) is 7.11. The Morgan fingerprint density at radius 3 is 2.48 bits per heavy atom. The van der Waals surface area contributed by atoms with Gasteiger partial charge < -0.3 is 15.1 Å². The monoisotopic (exact) mass is 411 g/mol. The van der Waals surface area contributed by atoms with Crippen molar-refractivity contribution in [2.75, 3.05) is 26.2 Å². The average Bonchev–Trinajstić information content (AvgIpc) is 3.09. The number of nitrogens with one attached hydrogen (secondary N) is 1. The topological polar surface area (TPSA) is 70.5 Å². The molecule has 29 heavy (non-hydrogen) atoms. The van der Waals surface area contributed by atoms with E-state index in [0.717, 1.165) is 25.5 Å². The molecule has 7 nitrogen and oxygen atoms in total. The molecule has 158 valence electrons. The molecule has 4 aliphatic rings. The van der Waals surface area contributed by atoms with Crippen molar-refractivity contribution < 1.29 is 22.8 Å². The first-order valence-electron chi connectivity index (χ1n) is 10.0. The summed E-state index contributed by atoms with van der Waals surface area (Å²) in [5.41, 5.74) is -0.538. The standard InChI is InChI=1S/C19H24F3N5O2/c1-25-14(13(7-23-25)19(20,21)22)4-12-5-17(6-12)8-26(9-17)16(29)27-10-18(11-27)3-2-15(28)24-18/h7,12H,2-6,8-11H2,1H3,(H,24,28). The smallest absolute Gasteiger partial charge is 0.347 e. The number of likely N-dealkylation sites (tertiary alicyclic amines) is 2. The highest BCUT2D eigenvalue weighted by molar-refractivity contribution is 5.82. The molecule has 10 heteroatoms. The van der Waals surface area contributed by atoms with Gasteiger partial charge in [-0.2, -0.15) is 18.3 Å². The molecule has 1 saturated carbocycles. The number of amides is 3. The van der Waals surface area contributed by atoms with Gasteiger partial charge in [0.05, 0.1) is 23.0 Å². The zero-order chi connectivity index (χ0) is 20.6. The molecule has 1 N–H and O–H groups in total. The normalized spacial score (nSPS) is 25.0. The van der Waals surface area contributed by atoms with Gasteiger partial charge in [0, 0.05) is 45.1 Å². The summed E-state index contributed by atoms with van der Waals surface area (Å²) in [4.78, 5) is 27.6. The highest BCUT2D eigenvalue weighted by Gasteiger charge is 2.57. The molecule has 0 unspecified atom stereocenters. The molecule has 0 radical (unpaired) electrons. The van der Waals surface area contributed by atoms with Crippen molar-refractivity contribution in [3.8, 4) is 0 Å². The van der Waals surface area contributed by atoms with Gasteiger partial charge in [0.25, 0.3) is 0 Å². The molecular formula is C19H24F3N5O2. The number of carbonyl (C=O) groups is 2. The van der Waals surface area contributed by atoms with Crippen LogP contribution in [0.2, 0.25) is 0 Å². The Kier molecular flexibility index (Phi) is 3.80. The second kappa shape index (κ2) is 5.89. The number of hydrogen-bond acceptors (Lipinski definition) is 3. The van der Waals surface area contributed by atoms with Gasteiger partial charge in [-0.1, -0.05) is 0 Å². The maximum atomic E-state index is 13.1. The van der Waals surface area contributed by atoms with Gasteiger partial charge in [0.2, 0.25) is 5.91 Å². The van der Waals surface area contributed by atoms with Crippen LogP contribution in [-0.4, -0.2) is 63.2 Å². The lowest BCUT2D eigenvalue weighted by Gasteiger charge is -2.61. The predicted octanol–water partition coefficient (Wildman–Crippen LogP) is 1.78. The summed E-state index contributed by atoms with van der Waals surface area (Å²) < 4.78 is 40.7. The van der Waals surface area contributed by atoms with Crippen molar-refractivity contribution in [2.45, 2.75) is 43.8 Å².